The van der Waals surface area contributed by atoms with Crippen LogP contribution in [-0.4, -0.2) is 26.5 Å². The maximum atomic E-state index is 13.6. The highest BCUT2D eigenvalue weighted by Crippen LogP contribution is 2.41. The number of anilines is 1. The molecule has 0 radical (unpaired) electrons. The first-order valence-electron chi connectivity index (χ1n) is 13.5. The van der Waals surface area contributed by atoms with Gasteiger partial charge in [0.15, 0.2) is 5.78 Å². The molecule has 9 heteroatoms. The number of hydrogen-bond donors (Lipinski definition) is 1. The fourth-order valence-electron chi connectivity index (χ4n) is 5.32. The summed E-state index contributed by atoms with van der Waals surface area (Å²) in [4.78, 5) is 31.0. The lowest BCUT2D eigenvalue weighted by atomic mass is 9.74. The zero-order chi connectivity index (χ0) is 28.5. The summed E-state index contributed by atoms with van der Waals surface area (Å²) < 4.78 is 26.7. The fraction of sp³-hybridized carbons (Fsp3) is 0.355. The molecule has 1 aliphatic rings. The SMILES string of the molecule is CCC[C@]1(CCc2ccccc2)CC(=O)C([C@H](CC)c2cccc(NS(=O)Oc3ccc(C#N)cn3)c2)C(=O)O1. The number of esters is 1. The number of aryl methyl sites for hydroxylation is 1. The molecule has 4 rings (SSSR count). The first-order valence-corrected chi connectivity index (χ1v) is 14.6. The molecule has 40 heavy (non-hydrogen) atoms. The number of carbonyl (C=O) groups is 2. The number of nitriles is 1. The molecule has 0 amide bonds. The lowest BCUT2D eigenvalue weighted by molar-refractivity contribution is -0.180. The number of benzene rings is 2. The van der Waals surface area contributed by atoms with Crippen molar-refractivity contribution in [3.8, 4) is 11.9 Å². The number of nitrogens with one attached hydrogen (secondary N) is 1. The molecular formula is C31H33N3O5S. The Bertz CT molecular complexity index is 1370. The van der Waals surface area contributed by atoms with Gasteiger partial charge < -0.3 is 8.92 Å². The molecule has 2 unspecified atom stereocenters. The molecule has 2 aromatic carbocycles. The van der Waals surface area contributed by atoms with Gasteiger partial charge in [0, 0.05) is 30.3 Å². The minimum absolute atomic E-state index is 0.0956. The lowest BCUT2D eigenvalue weighted by Gasteiger charge is -2.40. The van der Waals surface area contributed by atoms with Gasteiger partial charge in [0.25, 0.3) is 0 Å². The van der Waals surface area contributed by atoms with Gasteiger partial charge in [-0.2, -0.15) is 9.47 Å². The number of Topliss-reactive ketones (excluding diaryl/α,β-unsaturated/α-hetero) is 1. The Labute approximate surface area is 237 Å². The molecule has 0 aliphatic carbocycles. The van der Waals surface area contributed by atoms with E-state index in [2.05, 4.69) is 9.71 Å². The molecule has 1 aliphatic heterocycles. The Balaban J connectivity index is 1.46. The standard InChI is InChI=1S/C31H33N3O5S/c1-3-16-31(17-15-22-9-6-5-7-10-22)19-27(35)29(30(36)38-31)26(4-2)24-11-8-12-25(18-24)34-40(37)39-28-14-13-23(20-32)21-33-28/h5-14,18,21,26,29,34H,3-4,15-17,19H2,1-2H3/t26-,29?,31+,40?/m1/s1. The average molecular weight is 560 g/mol. The molecule has 1 aromatic heterocycles. The topological polar surface area (TPSA) is 118 Å². The summed E-state index contributed by atoms with van der Waals surface area (Å²) in [6.07, 6.45) is 4.86. The summed E-state index contributed by atoms with van der Waals surface area (Å²) in [5, 5.41) is 8.89. The van der Waals surface area contributed by atoms with Crippen molar-refractivity contribution in [2.45, 2.75) is 63.9 Å². The molecule has 1 saturated heterocycles. The van der Waals surface area contributed by atoms with E-state index in [4.69, 9.17) is 14.2 Å². The fourth-order valence-corrected chi connectivity index (χ4v) is 5.94. The minimum Gasteiger partial charge on any atom is -0.458 e. The van der Waals surface area contributed by atoms with E-state index in [0.717, 1.165) is 24.0 Å². The third-order valence-corrected chi connectivity index (χ3v) is 7.94. The van der Waals surface area contributed by atoms with E-state index in [-0.39, 0.29) is 24.0 Å². The van der Waals surface area contributed by atoms with Gasteiger partial charge in [-0.15, -0.1) is 0 Å². The van der Waals surface area contributed by atoms with E-state index < -0.39 is 28.8 Å². The van der Waals surface area contributed by atoms with E-state index in [1.54, 1.807) is 18.2 Å². The zero-order valence-corrected chi connectivity index (χ0v) is 23.5. The normalized spacial score (nSPS) is 20.2. The van der Waals surface area contributed by atoms with Crippen LogP contribution in [0.15, 0.2) is 72.9 Å². The van der Waals surface area contributed by atoms with E-state index in [9.17, 15) is 13.8 Å². The van der Waals surface area contributed by atoms with Crippen LogP contribution < -0.4 is 8.91 Å². The summed E-state index contributed by atoms with van der Waals surface area (Å²) in [5.74, 6) is -1.74. The maximum absolute atomic E-state index is 13.6. The smallest absolute Gasteiger partial charge is 0.317 e. The summed E-state index contributed by atoms with van der Waals surface area (Å²) in [5.41, 5.74) is 2.00. The molecule has 4 atom stereocenters. The number of ether oxygens (including phenoxy) is 1. The highest BCUT2D eigenvalue weighted by molar-refractivity contribution is 7.81. The van der Waals surface area contributed by atoms with Gasteiger partial charge in [0.1, 0.15) is 17.6 Å². The summed E-state index contributed by atoms with van der Waals surface area (Å²) in [7, 11) is 0. The van der Waals surface area contributed by atoms with Crippen LogP contribution in [0.3, 0.4) is 0 Å². The van der Waals surface area contributed by atoms with Crippen LogP contribution in [0.1, 0.15) is 68.6 Å². The second-order valence-corrected chi connectivity index (χ2v) is 10.9. The van der Waals surface area contributed by atoms with Gasteiger partial charge in [-0.25, -0.2) is 4.98 Å². The Hall–Kier alpha value is -4.03. The zero-order valence-electron chi connectivity index (χ0n) is 22.7. The van der Waals surface area contributed by atoms with Crippen molar-refractivity contribution >= 4 is 28.7 Å². The molecule has 0 saturated carbocycles. The van der Waals surface area contributed by atoms with Crippen LogP contribution in [0.4, 0.5) is 5.69 Å². The predicted octanol–water partition coefficient (Wildman–Crippen LogP) is 5.82. The highest BCUT2D eigenvalue weighted by atomic mass is 32.2. The summed E-state index contributed by atoms with van der Waals surface area (Å²) in [6.45, 7) is 3.97. The second kappa shape index (κ2) is 13.4. The molecule has 1 N–H and O–H groups in total. The quantitative estimate of drug-likeness (QED) is 0.219. The third kappa shape index (κ3) is 7.13. The van der Waals surface area contributed by atoms with Crippen LogP contribution in [0.25, 0.3) is 0 Å². The monoisotopic (exact) mass is 559 g/mol. The van der Waals surface area contributed by atoms with E-state index in [1.165, 1.54) is 18.3 Å². The number of aromatic nitrogens is 1. The number of rotatable bonds is 12. The maximum Gasteiger partial charge on any atom is 0.317 e. The first kappa shape index (κ1) is 29.0. The van der Waals surface area contributed by atoms with Crippen molar-refractivity contribution in [3.63, 3.8) is 0 Å². The molecule has 208 valence electrons. The minimum atomic E-state index is -1.96. The number of pyridine rings is 1. The number of ketones is 1. The Kier molecular flexibility index (Phi) is 9.67. The average Bonchev–Trinajstić information content (AvgIpc) is 2.95. The van der Waals surface area contributed by atoms with Crippen molar-refractivity contribution in [1.82, 2.24) is 4.98 Å². The van der Waals surface area contributed by atoms with Crippen LogP contribution in [0.5, 0.6) is 5.88 Å². The van der Waals surface area contributed by atoms with E-state index in [0.29, 0.717) is 30.5 Å². The Morgan fingerprint density at radius 3 is 2.58 bits per heavy atom. The van der Waals surface area contributed by atoms with Crippen molar-refractivity contribution < 1.29 is 22.7 Å². The molecule has 1 fully saturated rings. The van der Waals surface area contributed by atoms with Crippen molar-refractivity contribution in [3.05, 3.63) is 89.6 Å². The van der Waals surface area contributed by atoms with E-state index in [1.807, 2.05) is 56.3 Å². The van der Waals surface area contributed by atoms with Gasteiger partial charge in [-0.1, -0.05) is 62.7 Å². The number of nitrogens with zero attached hydrogens (tertiary/aromatic N) is 2. The van der Waals surface area contributed by atoms with Crippen LogP contribution >= 0.6 is 0 Å². The molecule has 3 aromatic rings. The molecule has 0 spiro atoms. The molecular weight excluding hydrogens is 526 g/mol. The van der Waals surface area contributed by atoms with Crippen LogP contribution in [0, 0.1) is 17.2 Å². The number of hydrogen-bond acceptors (Lipinski definition) is 7. The number of cyclic esters (lactones) is 1. The van der Waals surface area contributed by atoms with Crippen LogP contribution in [-0.2, 0) is 32.0 Å². The van der Waals surface area contributed by atoms with Gasteiger partial charge in [-0.05, 0) is 55.0 Å². The highest BCUT2D eigenvalue weighted by Gasteiger charge is 2.48. The van der Waals surface area contributed by atoms with Crippen molar-refractivity contribution in [2.75, 3.05) is 4.72 Å². The number of carbonyl (C=O) groups excluding carboxylic acids is 2. The first-order chi connectivity index (χ1) is 19.4. The van der Waals surface area contributed by atoms with Crippen LogP contribution in [0.2, 0.25) is 0 Å². The van der Waals surface area contributed by atoms with Gasteiger partial charge in [0.05, 0.1) is 5.56 Å². The van der Waals surface area contributed by atoms with Gasteiger partial charge >= 0.3 is 17.2 Å². The van der Waals surface area contributed by atoms with Gasteiger partial charge in [-0.3, -0.25) is 14.3 Å². The largest absolute Gasteiger partial charge is 0.458 e. The Morgan fingerprint density at radius 1 is 1.12 bits per heavy atom. The van der Waals surface area contributed by atoms with Crippen molar-refractivity contribution in [2.24, 2.45) is 5.92 Å². The summed E-state index contributed by atoms with van der Waals surface area (Å²) >= 11 is -1.96. The molecule has 2 heterocycles. The Morgan fingerprint density at radius 2 is 1.93 bits per heavy atom. The second-order valence-electron chi connectivity index (χ2n) is 10.0. The summed E-state index contributed by atoms with van der Waals surface area (Å²) in [6, 6.07) is 22.1. The molecule has 8 nitrogen and oxygen atoms in total. The van der Waals surface area contributed by atoms with Gasteiger partial charge in [0.2, 0.25) is 5.88 Å². The van der Waals surface area contributed by atoms with Crippen molar-refractivity contribution in [1.29, 1.82) is 5.26 Å². The predicted molar refractivity (Wildman–Crippen MR) is 152 cm³/mol. The van der Waals surface area contributed by atoms with E-state index >= 15 is 0 Å². The molecule has 0 bridgehead atoms. The lowest BCUT2D eigenvalue weighted by Crippen LogP contribution is -2.49. The third-order valence-electron chi connectivity index (χ3n) is 7.22.